The Labute approximate surface area is 191 Å². The number of rotatable bonds is 5. The smallest absolute Gasteiger partial charge is 0.320 e. The van der Waals surface area contributed by atoms with Gasteiger partial charge in [-0.15, -0.1) is 5.10 Å². The summed E-state index contributed by atoms with van der Waals surface area (Å²) in [6, 6.07) is 9.68. The zero-order chi connectivity index (χ0) is 22.7. The summed E-state index contributed by atoms with van der Waals surface area (Å²) in [6.45, 7) is 9.14. The average molecular weight is 457 g/mol. The van der Waals surface area contributed by atoms with Crippen LogP contribution in [0.5, 0.6) is 0 Å². The lowest BCUT2D eigenvalue weighted by atomic mass is 9.87. The third-order valence-corrected chi connectivity index (χ3v) is 5.29. The van der Waals surface area contributed by atoms with Crippen molar-refractivity contribution >= 4 is 40.7 Å². The van der Waals surface area contributed by atoms with E-state index in [4.69, 9.17) is 20.8 Å². The standard InChI is InChI=1S/C22H25ClN6O3/c1-22(2,3)14-4-6-15(7-5-14)26-21-28-27-20(32-21)19(30)25-16-12-17(23)18(24-13-16)29-8-10-31-11-9-29/h4-7,12-13H,8-11H2,1-3H3,(H,25,30)(H,26,28). The van der Waals surface area contributed by atoms with E-state index in [0.717, 1.165) is 18.8 Å². The fraction of sp³-hybridized carbons (Fsp3) is 0.364. The fourth-order valence-corrected chi connectivity index (χ4v) is 3.52. The van der Waals surface area contributed by atoms with Crippen molar-refractivity contribution in [3.05, 3.63) is 53.0 Å². The number of ether oxygens (including phenoxy) is 1. The summed E-state index contributed by atoms with van der Waals surface area (Å²) in [6.07, 6.45) is 1.54. The Bertz CT molecular complexity index is 1090. The lowest BCUT2D eigenvalue weighted by Crippen LogP contribution is -2.36. The highest BCUT2D eigenvalue weighted by Gasteiger charge is 2.19. The molecule has 1 fully saturated rings. The molecule has 32 heavy (non-hydrogen) atoms. The summed E-state index contributed by atoms with van der Waals surface area (Å²) < 4.78 is 10.8. The first-order valence-corrected chi connectivity index (χ1v) is 10.7. The Kier molecular flexibility index (Phi) is 6.29. The van der Waals surface area contributed by atoms with Gasteiger partial charge in [0.15, 0.2) is 0 Å². The highest BCUT2D eigenvalue weighted by Crippen LogP contribution is 2.27. The number of anilines is 4. The molecule has 0 bridgehead atoms. The van der Waals surface area contributed by atoms with Crippen LogP contribution in [0.4, 0.5) is 23.2 Å². The van der Waals surface area contributed by atoms with Crippen LogP contribution < -0.4 is 15.5 Å². The first-order valence-electron chi connectivity index (χ1n) is 10.3. The van der Waals surface area contributed by atoms with Crippen LogP contribution in [0.25, 0.3) is 0 Å². The molecule has 2 aromatic heterocycles. The number of nitrogens with zero attached hydrogens (tertiary/aromatic N) is 4. The summed E-state index contributed by atoms with van der Waals surface area (Å²) in [4.78, 5) is 18.9. The third-order valence-electron chi connectivity index (χ3n) is 5.01. The highest BCUT2D eigenvalue weighted by molar-refractivity contribution is 6.33. The zero-order valence-electron chi connectivity index (χ0n) is 18.2. The van der Waals surface area contributed by atoms with Gasteiger partial charge in [-0.05, 0) is 29.2 Å². The molecule has 1 aliphatic rings. The first-order chi connectivity index (χ1) is 15.3. The molecule has 0 radical (unpaired) electrons. The lowest BCUT2D eigenvalue weighted by molar-refractivity contribution is 0.0991. The SMILES string of the molecule is CC(C)(C)c1ccc(Nc2nnc(C(=O)Nc3cnc(N4CCOCC4)c(Cl)c3)o2)cc1. The van der Waals surface area contributed by atoms with E-state index in [2.05, 4.69) is 46.6 Å². The number of nitrogens with one attached hydrogen (secondary N) is 2. The number of pyridine rings is 1. The van der Waals surface area contributed by atoms with Crippen LogP contribution in [-0.2, 0) is 10.2 Å². The van der Waals surface area contributed by atoms with E-state index in [1.165, 1.54) is 5.56 Å². The third kappa shape index (κ3) is 5.17. The molecule has 1 aliphatic heterocycles. The van der Waals surface area contributed by atoms with Crippen LogP contribution in [0, 0.1) is 0 Å². The minimum Gasteiger partial charge on any atom is -0.399 e. The van der Waals surface area contributed by atoms with E-state index >= 15 is 0 Å². The Morgan fingerprint density at radius 1 is 1.09 bits per heavy atom. The normalized spacial score (nSPS) is 14.3. The number of amides is 1. The number of benzene rings is 1. The number of halogens is 1. The number of hydrogen-bond acceptors (Lipinski definition) is 8. The van der Waals surface area contributed by atoms with Crippen LogP contribution in [0.2, 0.25) is 5.02 Å². The van der Waals surface area contributed by atoms with Gasteiger partial charge in [0.25, 0.3) is 0 Å². The molecule has 0 saturated carbocycles. The monoisotopic (exact) mass is 456 g/mol. The average Bonchev–Trinajstić information content (AvgIpc) is 3.23. The van der Waals surface area contributed by atoms with Crippen LogP contribution in [0.1, 0.15) is 37.0 Å². The maximum atomic E-state index is 12.5. The molecule has 3 aromatic rings. The lowest BCUT2D eigenvalue weighted by Gasteiger charge is -2.28. The summed E-state index contributed by atoms with van der Waals surface area (Å²) in [5.74, 6) is -0.0625. The van der Waals surface area contributed by atoms with Gasteiger partial charge in [-0.25, -0.2) is 4.98 Å². The molecule has 1 amide bonds. The maximum absolute atomic E-state index is 12.5. The van der Waals surface area contributed by atoms with Crippen molar-refractivity contribution in [2.75, 3.05) is 41.8 Å². The van der Waals surface area contributed by atoms with E-state index < -0.39 is 5.91 Å². The molecule has 2 N–H and O–H groups in total. The molecular weight excluding hydrogens is 432 g/mol. The molecule has 168 valence electrons. The summed E-state index contributed by atoms with van der Waals surface area (Å²) in [5.41, 5.74) is 2.48. The molecule has 3 heterocycles. The van der Waals surface area contributed by atoms with Gasteiger partial charge in [-0.1, -0.05) is 49.6 Å². The Hall–Kier alpha value is -3.17. The topological polar surface area (TPSA) is 105 Å². The summed E-state index contributed by atoms with van der Waals surface area (Å²) in [7, 11) is 0. The van der Waals surface area contributed by atoms with E-state index in [0.29, 0.717) is 29.7 Å². The second kappa shape index (κ2) is 9.13. The Morgan fingerprint density at radius 3 is 2.47 bits per heavy atom. The van der Waals surface area contributed by atoms with Crippen molar-refractivity contribution in [2.45, 2.75) is 26.2 Å². The van der Waals surface area contributed by atoms with E-state index in [1.807, 2.05) is 29.2 Å². The minimum atomic E-state index is -0.550. The molecule has 0 spiro atoms. The first kappa shape index (κ1) is 22.0. The number of aromatic nitrogens is 3. The van der Waals surface area contributed by atoms with Crippen molar-refractivity contribution < 1.29 is 13.9 Å². The van der Waals surface area contributed by atoms with Gasteiger partial charge >= 0.3 is 17.8 Å². The second-order valence-corrected chi connectivity index (χ2v) is 8.85. The molecule has 0 atom stereocenters. The molecule has 4 rings (SSSR count). The second-order valence-electron chi connectivity index (χ2n) is 8.45. The highest BCUT2D eigenvalue weighted by atomic mass is 35.5. The molecule has 0 aliphatic carbocycles. The molecule has 1 aromatic carbocycles. The Balaban J connectivity index is 1.39. The van der Waals surface area contributed by atoms with Crippen LogP contribution >= 0.6 is 11.6 Å². The molecule has 9 nitrogen and oxygen atoms in total. The molecular formula is C22H25ClN6O3. The quantitative estimate of drug-likeness (QED) is 0.587. The van der Waals surface area contributed by atoms with Crippen molar-refractivity contribution in [1.82, 2.24) is 15.2 Å². The van der Waals surface area contributed by atoms with Gasteiger partial charge in [0.05, 0.1) is 30.1 Å². The largest absolute Gasteiger partial charge is 0.399 e. The summed E-state index contributed by atoms with van der Waals surface area (Å²) >= 11 is 6.37. The van der Waals surface area contributed by atoms with Crippen molar-refractivity contribution in [1.29, 1.82) is 0 Å². The molecule has 10 heteroatoms. The van der Waals surface area contributed by atoms with Crippen molar-refractivity contribution in [2.24, 2.45) is 0 Å². The van der Waals surface area contributed by atoms with E-state index in [9.17, 15) is 4.79 Å². The number of hydrogen-bond donors (Lipinski definition) is 2. The fourth-order valence-electron chi connectivity index (χ4n) is 3.23. The predicted molar refractivity (Wildman–Crippen MR) is 123 cm³/mol. The van der Waals surface area contributed by atoms with Crippen molar-refractivity contribution in [3.63, 3.8) is 0 Å². The van der Waals surface area contributed by atoms with Crippen LogP contribution in [0.3, 0.4) is 0 Å². The van der Waals surface area contributed by atoms with Gasteiger partial charge in [0, 0.05) is 18.8 Å². The Morgan fingerprint density at radius 2 is 1.81 bits per heavy atom. The van der Waals surface area contributed by atoms with Gasteiger partial charge in [-0.2, -0.15) is 0 Å². The van der Waals surface area contributed by atoms with Crippen LogP contribution in [0.15, 0.2) is 40.9 Å². The van der Waals surface area contributed by atoms with E-state index in [-0.39, 0.29) is 17.3 Å². The van der Waals surface area contributed by atoms with Gasteiger partial charge in [0.1, 0.15) is 5.82 Å². The minimum absolute atomic E-state index is 0.0619. The van der Waals surface area contributed by atoms with Gasteiger partial charge in [0.2, 0.25) is 0 Å². The number of carbonyl (C=O) groups is 1. The van der Waals surface area contributed by atoms with E-state index in [1.54, 1.807) is 12.3 Å². The van der Waals surface area contributed by atoms with Crippen LogP contribution in [-0.4, -0.2) is 47.4 Å². The maximum Gasteiger partial charge on any atom is 0.320 e. The molecule has 1 saturated heterocycles. The zero-order valence-corrected chi connectivity index (χ0v) is 18.9. The number of carbonyl (C=O) groups excluding carboxylic acids is 1. The van der Waals surface area contributed by atoms with Gasteiger partial charge < -0.3 is 24.7 Å². The number of morpholine rings is 1. The van der Waals surface area contributed by atoms with Gasteiger partial charge in [-0.3, -0.25) is 4.79 Å². The summed E-state index contributed by atoms with van der Waals surface area (Å²) in [5, 5.41) is 13.8. The predicted octanol–water partition coefficient (Wildman–Crippen LogP) is 4.25. The molecule has 0 unspecified atom stereocenters. The van der Waals surface area contributed by atoms with Crippen molar-refractivity contribution in [3.8, 4) is 0 Å².